The van der Waals surface area contributed by atoms with Gasteiger partial charge in [0.2, 0.25) is 11.8 Å². The highest BCUT2D eigenvalue weighted by Gasteiger charge is 2.16. The molecular weight excluding hydrogens is 386 g/mol. The van der Waals surface area contributed by atoms with E-state index in [2.05, 4.69) is 40.7 Å². The first-order valence-corrected chi connectivity index (χ1v) is 11.5. The second-order valence-electron chi connectivity index (χ2n) is 8.80. The highest BCUT2D eigenvalue weighted by atomic mass is 16.2. The topological polar surface area (TPSA) is 61.4 Å². The summed E-state index contributed by atoms with van der Waals surface area (Å²) in [4.78, 5) is 27.1. The van der Waals surface area contributed by atoms with E-state index in [0.717, 1.165) is 37.3 Å². The van der Waals surface area contributed by atoms with Gasteiger partial charge in [0.25, 0.3) is 0 Å². The van der Waals surface area contributed by atoms with Gasteiger partial charge in [0.05, 0.1) is 0 Å². The zero-order valence-corrected chi connectivity index (χ0v) is 18.8. The lowest BCUT2D eigenvalue weighted by molar-refractivity contribution is -0.123. The molecule has 31 heavy (non-hydrogen) atoms. The van der Waals surface area contributed by atoms with Crippen LogP contribution < -0.4 is 15.5 Å². The number of amides is 2. The van der Waals surface area contributed by atoms with E-state index in [0.29, 0.717) is 12.3 Å². The average molecular weight is 422 g/mol. The van der Waals surface area contributed by atoms with E-state index >= 15 is 0 Å². The van der Waals surface area contributed by atoms with Crippen molar-refractivity contribution in [2.45, 2.75) is 58.4 Å². The molecule has 2 unspecified atom stereocenters. The van der Waals surface area contributed by atoms with Crippen LogP contribution in [-0.4, -0.2) is 30.9 Å². The molecule has 0 bridgehead atoms. The highest BCUT2D eigenvalue weighted by molar-refractivity contribution is 5.92. The number of rotatable bonds is 10. The normalized spacial score (nSPS) is 15.4. The summed E-state index contributed by atoms with van der Waals surface area (Å²) >= 11 is 0. The van der Waals surface area contributed by atoms with Crippen LogP contribution in [0, 0.1) is 5.92 Å². The molecule has 1 saturated heterocycles. The van der Waals surface area contributed by atoms with Crippen molar-refractivity contribution in [1.29, 1.82) is 0 Å². The first-order chi connectivity index (χ1) is 15.0. The van der Waals surface area contributed by atoms with Gasteiger partial charge in [-0.1, -0.05) is 43.3 Å². The van der Waals surface area contributed by atoms with E-state index < -0.39 is 0 Å². The Morgan fingerprint density at radius 3 is 2.42 bits per heavy atom. The van der Waals surface area contributed by atoms with Gasteiger partial charge in [-0.2, -0.15) is 0 Å². The SMILES string of the molecule is CC(CCc1ccccc1)CC(=O)NC(C)CC(=O)Nc1cccc(N2CCCC2)c1. The molecule has 166 valence electrons. The maximum absolute atomic E-state index is 12.4. The molecule has 1 heterocycles. The predicted molar refractivity (Wildman–Crippen MR) is 127 cm³/mol. The number of benzene rings is 2. The molecule has 5 heteroatoms. The smallest absolute Gasteiger partial charge is 0.226 e. The van der Waals surface area contributed by atoms with E-state index in [-0.39, 0.29) is 24.3 Å². The zero-order chi connectivity index (χ0) is 22.1. The van der Waals surface area contributed by atoms with Gasteiger partial charge in [-0.05, 0) is 62.3 Å². The van der Waals surface area contributed by atoms with Gasteiger partial charge in [0.15, 0.2) is 0 Å². The lowest BCUT2D eigenvalue weighted by Gasteiger charge is -2.19. The third-order valence-electron chi connectivity index (χ3n) is 5.80. The van der Waals surface area contributed by atoms with Crippen molar-refractivity contribution in [2.75, 3.05) is 23.3 Å². The van der Waals surface area contributed by atoms with Crippen molar-refractivity contribution in [3.05, 3.63) is 60.2 Å². The lowest BCUT2D eigenvalue weighted by Crippen LogP contribution is -2.36. The molecule has 5 nitrogen and oxygen atoms in total. The second-order valence-corrected chi connectivity index (χ2v) is 8.80. The summed E-state index contributed by atoms with van der Waals surface area (Å²) in [7, 11) is 0. The molecule has 1 aliphatic rings. The van der Waals surface area contributed by atoms with Crippen LogP contribution in [0.4, 0.5) is 11.4 Å². The third kappa shape index (κ3) is 7.74. The summed E-state index contributed by atoms with van der Waals surface area (Å²) in [5.41, 5.74) is 3.26. The largest absolute Gasteiger partial charge is 0.371 e. The van der Waals surface area contributed by atoms with E-state index in [4.69, 9.17) is 0 Å². The van der Waals surface area contributed by atoms with Crippen LogP contribution in [0.25, 0.3) is 0 Å². The monoisotopic (exact) mass is 421 g/mol. The minimum absolute atomic E-state index is 0.0110. The number of carbonyl (C=O) groups is 2. The van der Waals surface area contributed by atoms with Crippen molar-refractivity contribution in [3.63, 3.8) is 0 Å². The first-order valence-electron chi connectivity index (χ1n) is 11.5. The summed E-state index contributed by atoms with van der Waals surface area (Å²) in [6, 6.07) is 18.1. The minimum Gasteiger partial charge on any atom is -0.371 e. The molecule has 2 aromatic rings. The van der Waals surface area contributed by atoms with Crippen LogP contribution in [0.3, 0.4) is 0 Å². The Labute approximate surface area is 186 Å². The summed E-state index contributed by atoms with van der Waals surface area (Å²) in [6.45, 7) is 6.13. The fourth-order valence-electron chi connectivity index (χ4n) is 4.11. The number of nitrogens with zero attached hydrogens (tertiary/aromatic N) is 1. The quantitative estimate of drug-likeness (QED) is 0.580. The molecule has 1 aliphatic heterocycles. The van der Waals surface area contributed by atoms with E-state index in [1.165, 1.54) is 18.4 Å². The Hall–Kier alpha value is -2.82. The lowest BCUT2D eigenvalue weighted by atomic mass is 9.98. The standard InChI is InChI=1S/C26H35N3O2/c1-20(13-14-22-9-4-3-5-10-22)17-25(30)27-21(2)18-26(31)28-23-11-8-12-24(19-23)29-15-6-7-16-29/h3-5,8-12,19-21H,6-7,13-18H2,1-2H3,(H,27,30)(H,28,31). The van der Waals surface area contributed by atoms with Gasteiger partial charge in [-0.15, -0.1) is 0 Å². The molecule has 0 spiro atoms. The molecule has 0 aromatic heterocycles. The Morgan fingerprint density at radius 2 is 1.68 bits per heavy atom. The molecule has 0 saturated carbocycles. The summed E-state index contributed by atoms with van der Waals surface area (Å²) in [5, 5.41) is 5.95. The average Bonchev–Trinajstić information content (AvgIpc) is 3.28. The van der Waals surface area contributed by atoms with Crippen molar-refractivity contribution in [1.82, 2.24) is 5.32 Å². The fourth-order valence-corrected chi connectivity index (χ4v) is 4.11. The van der Waals surface area contributed by atoms with Crippen LogP contribution in [0.15, 0.2) is 54.6 Å². The Morgan fingerprint density at radius 1 is 0.935 bits per heavy atom. The fraction of sp³-hybridized carbons (Fsp3) is 0.462. The van der Waals surface area contributed by atoms with Crippen LogP contribution >= 0.6 is 0 Å². The second kappa shape index (κ2) is 11.5. The maximum Gasteiger partial charge on any atom is 0.226 e. The zero-order valence-electron chi connectivity index (χ0n) is 18.8. The predicted octanol–water partition coefficient (Wildman–Crippen LogP) is 4.78. The molecular formula is C26H35N3O2. The number of anilines is 2. The summed E-state index contributed by atoms with van der Waals surface area (Å²) in [6.07, 6.45) is 5.13. The summed E-state index contributed by atoms with van der Waals surface area (Å²) in [5.74, 6) is 0.231. The van der Waals surface area contributed by atoms with Gasteiger partial charge < -0.3 is 15.5 Å². The summed E-state index contributed by atoms with van der Waals surface area (Å²) < 4.78 is 0. The van der Waals surface area contributed by atoms with Crippen molar-refractivity contribution in [2.24, 2.45) is 5.92 Å². The number of hydrogen-bond acceptors (Lipinski definition) is 3. The van der Waals surface area contributed by atoms with Crippen molar-refractivity contribution >= 4 is 23.2 Å². The number of hydrogen-bond donors (Lipinski definition) is 2. The minimum atomic E-state index is -0.199. The van der Waals surface area contributed by atoms with Crippen LogP contribution in [0.5, 0.6) is 0 Å². The van der Waals surface area contributed by atoms with Gasteiger partial charge in [-0.25, -0.2) is 0 Å². The Bertz CT molecular complexity index is 847. The highest BCUT2D eigenvalue weighted by Crippen LogP contribution is 2.23. The molecule has 2 amide bonds. The molecule has 2 aromatic carbocycles. The van der Waals surface area contributed by atoms with Crippen LogP contribution in [0.1, 0.15) is 51.5 Å². The Kier molecular flexibility index (Phi) is 8.51. The molecule has 3 rings (SSSR count). The van der Waals surface area contributed by atoms with Crippen molar-refractivity contribution in [3.8, 4) is 0 Å². The molecule has 2 atom stereocenters. The van der Waals surface area contributed by atoms with E-state index in [1.54, 1.807) is 0 Å². The van der Waals surface area contributed by atoms with E-state index in [9.17, 15) is 9.59 Å². The molecule has 1 fully saturated rings. The molecule has 0 aliphatic carbocycles. The van der Waals surface area contributed by atoms with Crippen LogP contribution in [-0.2, 0) is 16.0 Å². The van der Waals surface area contributed by atoms with E-state index in [1.807, 2.05) is 43.3 Å². The first kappa shape index (κ1) is 22.9. The molecule has 0 radical (unpaired) electrons. The maximum atomic E-state index is 12.4. The van der Waals surface area contributed by atoms with Gasteiger partial charge in [0.1, 0.15) is 0 Å². The van der Waals surface area contributed by atoms with Gasteiger partial charge in [0, 0.05) is 43.3 Å². The number of aryl methyl sites for hydroxylation is 1. The van der Waals surface area contributed by atoms with Crippen LogP contribution in [0.2, 0.25) is 0 Å². The molecule has 2 N–H and O–H groups in total. The Balaban J connectivity index is 1.38. The van der Waals surface area contributed by atoms with Gasteiger partial charge >= 0.3 is 0 Å². The number of carbonyl (C=O) groups excluding carboxylic acids is 2. The van der Waals surface area contributed by atoms with Crippen molar-refractivity contribution < 1.29 is 9.59 Å². The van der Waals surface area contributed by atoms with Gasteiger partial charge in [-0.3, -0.25) is 9.59 Å². The number of nitrogens with one attached hydrogen (secondary N) is 2. The third-order valence-corrected chi connectivity index (χ3v) is 5.80.